The Labute approximate surface area is 123 Å². The Morgan fingerprint density at radius 1 is 1.30 bits per heavy atom. The molecule has 0 amide bonds. The van der Waals surface area contributed by atoms with Crippen molar-refractivity contribution in [1.29, 1.82) is 0 Å². The van der Waals surface area contributed by atoms with Gasteiger partial charge in [-0.05, 0) is 23.8 Å². The Bertz CT molecular complexity index is 712. The number of allylic oxidation sites excluding steroid dienone is 2. The molecule has 2 N–H and O–H groups in total. The molecule has 0 bridgehead atoms. The minimum Gasteiger partial charge on any atom is -0.323 e. The third-order valence-corrected chi connectivity index (χ3v) is 6.31. The van der Waals surface area contributed by atoms with Crippen LogP contribution in [0.1, 0.15) is 11.6 Å². The van der Waals surface area contributed by atoms with E-state index in [0.29, 0.717) is 10.7 Å². The standard InChI is InChI=1S/C14H15ClN2O2S/c1-17-12-5-3-2-4-10(12)14(16)11-7-6-9(15)8-13(11)20(17,18)19/h2-8,11,13-14H,16H2,1H3. The van der Waals surface area contributed by atoms with Crippen LogP contribution in [0.4, 0.5) is 5.69 Å². The zero-order valence-corrected chi connectivity index (χ0v) is 12.5. The van der Waals surface area contributed by atoms with E-state index in [4.69, 9.17) is 17.3 Å². The number of hydrogen-bond acceptors (Lipinski definition) is 3. The van der Waals surface area contributed by atoms with Gasteiger partial charge in [0.25, 0.3) is 0 Å². The van der Waals surface area contributed by atoms with Crippen LogP contribution in [-0.4, -0.2) is 20.7 Å². The van der Waals surface area contributed by atoms with Crippen molar-refractivity contribution in [3.8, 4) is 0 Å². The summed E-state index contributed by atoms with van der Waals surface area (Å²) in [5.41, 5.74) is 7.78. The number of nitrogens with two attached hydrogens (primary N) is 1. The highest BCUT2D eigenvalue weighted by Gasteiger charge is 2.43. The van der Waals surface area contributed by atoms with Crippen LogP contribution < -0.4 is 10.0 Å². The molecule has 0 fully saturated rings. The third kappa shape index (κ3) is 1.89. The Hall–Kier alpha value is -1.30. The van der Waals surface area contributed by atoms with E-state index in [1.807, 2.05) is 18.2 Å². The highest BCUT2D eigenvalue weighted by Crippen LogP contribution is 2.41. The summed E-state index contributed by atoms with van der Waals surface area (Å²) in [5, 5.41) is -0.297. The van der Waals surface area contributed by atoms with Crippen molar-refractivity contribution in [1.82, 2.24) is 0 Å². The predicted octanol–water partition coefficient (Wildman–Crippen LogP) is 2.14. The summed E-state index contributed by atoms with van der Waals surface area (Å²) < 4.78 is 26.8. The Kier molecular flexibility index (Phi) is 3.16. The fourth-order valence-electron chi connectivity index (χ4n) is 2.83. The van der Waals surface area contributed by atoms with Crippen LogP contribution in [0.25, 0.3) is 0 Å². The Morgan fingerprint density at radius 2 is 2.00 bits per heavy atom. The minimum atomic E-state index is -3.54. The number of para-hydroxylation sites is 1. The van der Waals surface area contributed by atoms with Gasteiger partial charge in [0.05, 0.1) is 5.69 Å². The van der Waals surface area contributed by atoms with E-state index in [0.717, 1.165) is 5.56 Å². The third-order valence-electron chi connectivity index (χ3n) is 3.96. The van der Waals surface area contributed by atoms with Crippen LogP contribution in [0.2, 0.25) is 0 Å². The topological polar surface area (TPSA) is 63.4 Å². The molecule has 3 rings (SSSR count). The van der Waals surface area contributed by atoms with Crippen LogP contribution in [0, 0.1) is 5.92 Å². The van der Waals surface area contributed by atoms with Crippen LogP contribution in [-0.2, 0) is 10.0 Å². The molecule has 1 heterocycles. The molecule has 2 aliphatic rings. The molecular weight excluding hydrogens is 296 g/mol. The number of halogens is 1. The second kappa shape index (κ2) is 4.62. The van der Waals surface area contributed by atoms with Gasteiger partial charge in [0, 0.05) is 24.0 Å². The molecule has 1 aliphatic heterocycles. The maximum absolute atomic E-state index is 12.8. The summed E-state index contributed by atoms with van der Waals surface area (Å²) in [4.78, 5) is 0. The molecule has 1 aromatic carbocycles. The number of rotatable bonds is 0. The summed E-state index contributed by atoms with van der Waals surface area (Å²) >= 11 is 5.97. The first kappa shape index (κ1) is 13.7. The Morgan fingerprint density at radius 3 is 2.75 bits per heavy atom. The molecule has 6 heteroatoms. The van der Waals surface area contributed by atoms with Crippen molar-refractivity contribution >= 4 is 27.3 Å². The number of fused-ring (bicyclic) bond motifs is 2. The number of anilines is 1. The molecule has 106 valence electrons. The van der Waals surface area contributed by atoms with E-state index in [9.17, 15) is 8.42 Å². The lowest BCUT2D eigenvalue weighted by Crippen LogP contribution is -2.39. The molecule has 0 aromatic heterocycles. The molecule has 1 aliphatic carbocycles. The average Bonchev–Trinajstić information content (AvgIpc) is 2.50. The van der Waals surface area contributed by atoms with Gasteiger partial charge in [-0.25, -0.2) is 8.42 Å². The Balaban J connectivity index is 2.26. The van der Waals surface area contributed by atoms with Gasteiger partial charge in [-0.1, -0.05) is 35.9 Å². The fraction of sp³-hybridized carbons (Fsp3) is 0.286. The van der Waals surface area contributed by atoms with Crippen molar-refractivity contribution in [3.63, 3.8) is 0 Å². The van der Waals surface area contributed by atoms with E-state index in [-0.39, 0.29) is 12.0 Å². The SMILES string of the molecule is CN1c2ccccc2C(N)C2C=CC(Cl)=CC2S1(=O)=O. The zero-order chi connectivity index (χ0) is 14.5. The van der Waals surface area contributed by atoms with E-state index in [1.54, 1.807) is 31.3 Å². The fourth-order valence-corrected chi connectivity index (χ4v) is 4.89. The van der Waals surface area contributed by atoms with Crippen molar-refractivity contribution in [3.05, 3.63) is 53.1 Å². The molecule has 3 unspecified atom stereocenters. The maximum Gasteiger partial charge on any atom is 0.242 e. The van der Waals surface area contributed by atoms with Gasteiger partial charge in [0.15, 0.2) is 0 Å². The van der Waals surface area contributed by atoms with Crippen LogP contribution in [0.5, 0.6) is 0 Å². The molecular formula is C14H15ClN2O2S. The zero-order valence-electron chi connectivity index (χ0n) is 10.9. The summed E-state index contributed by atoms with van der Waals surface area (Å²) in [7, 11) is -1.98. The van der Waals surface area contributed by atoms with Gasteiger partial charge >= 0.3 is 0 Å². The number of hydrogen-bond donors (Lipinski definition) is 1. The lowest BCUT2D eigenvalue weighted by molar-refractivity contribution is 0.509. The van der Waals surface area contributed by atoms with Crippen molar-refractivity contribution < 1.29 is 8.42 Å². The number of benzene rings is 1. The quantitative estimate of drug-likeness (QED) is 0.798. The summed E-state index contributed by atoms with van der Waals surface area (Å²) in [6, 6.07) is 6.95. The summed E-state index contributed by atoms with van der Waals surface area (Å²) in [6.07, 6.45) is 5.08. The van der Waals surface area contributed by atoms with Gasteiger partial charge < -0.3 is 5.73 Å². The van der Waals surface area contributed by atoms with Crippen molar-refractivity contribution in [2.45, 2.75) is 11.3 Å². The predicted molar refractivity (Wildman–Crippen MR) is 81.0 cm³/mol. The summed E-state index contributed by atoms with van der Waals surface area (Å²) in [6.45, 7) is 0. The van der Waals surface area contributed by atoms with Gasteiger partial charge in [-0.3, -0.25) is 4.31 Å². The van der Waals surface area contributed by atoms with E-state index in [2.05, 4.69) is 0 Å². The molecule has 4 nitrogen and oxygen atoms in total. The van der Waals surface area contributed by atoms with Crippen LogP contribution in [0.3, 0.4) is 0 Å². The molecule has 0 saturated carbocycles. The van der Waals surface area contributed by atoms with Crippen molar-refractivity contribution in [2.75, 3.05) is 11.4 Å². The average molecular weight is 311 g/mol. The lowest BCUT2D eigenvalue weighted by Gasteiger charge is -2.27. The van der Waals surface area contributed by atoms with Gasteiger partial charge in [-0.15, -0.1) is 0 Å². The van der Waals surface area contributed by atoms with Crippen LogP contribution >= 0.6 is 11.6 Å². The molecule has 1 aromatic rings. The first-order chi connectivity index (χ1) is 9.43. The van der Waals surface area contributed by atoms with Gasteiger partial charge in [0.1, 0.15) is 5.25 Å². The van der Waals surface area contributed by atoms with Gasteiger partial charge in [-0.2, -0.15) is 0 Å². The molecule has 3 atom stereocenters. The highest BCUT2D eigenvalue weighted by atomic mass is 35.5. The first-order valence-electron chi connectivity index (χ1n) is 6.30. The van der Waals surface area contributed by atoms with Crippen molar-refractivity contribution in [2.24, 2.45) is 11.7 Å². The largest absolute Gasteiger partial charge is 0.323 e. The first-order valence-corrected chi connectivity index (χ1v) is 8.19. The number of nitrogens with zero attached hydrogens (tertiary/aromatic N) is 1. The molecule has 0 spiro atoms. The molecule has 0 saturated heterocycles. The lowest BCUT2D eigenvalue weighted by atomic mass is 9.87. The molecule has 20 heavy (non-hydrogen) atoms. The van der Waals surface area contributed by atoms with E-state index >= 15 is 0 Å². The maximum atomic E-state index is 12.8. The monoisotopic (exact) mass is 310 g/mol. The smallest absolute Gasteiger partial charge is 0.242 e. The normalized spacial score (nSPS) is 31.1. The van der Waals surface area contributed by atoms with E-state index in [1.165, 1.54) is 4.31 Å². The van der Waals surface area contributed by atoms with Gasteiger partial charge in [0.2, 0.25) is 10.0 Å². The molecule has 0 radical (unpaired) electrons. The van der Waals surface area contributed by atoms with E-state index < -0.39 is 15.3 Å². The summed E-state index contributed by atoms with van der Waals surface area (Å²) in [5.74, 6) is -0.311. The minimum absolute atomic E-state index is 0.311. The highest BCUT2D eigenvalue weighted by molar-refractivity contribution is 7.93. The second-order valence-corrected chi connectivity index (χ2v) is 7.61. The number of sulfonamides is 1. The second-order valence-electron chi connectivity index (χ2n) is 5.05. The van der Waals surface area contributed by atoms with Crippen LogP contribution in [0.15, 0.2) is 47.5 Å².